The summed E-state index contributed by atoms with van der Waals surface area (Å²) in [6.45, 7) is 1.74. The first kappa shape index (κ1) is 14.9. The zero-order valence-electron chi connectivity index (χ0n) is 14.1. The average molecular weight is 348 g/mol. The molecule has 0 unspecified atom stereocenters. The molecule has 26 heavy (non-hydrogen) atoms. The first-order chi connectivity index (χ1) is 12.7. The molecule has 0 bridgehead atoms. The third kappa shape index (κ3) is 2.32. The van der Waals surface area contributed by atoms with E-state index in [0.717, 1.165) is 28.1 Å². The Balaban J connectivity index is 1.51. The van der Waals surface area contributed by atoms with E-state index in [-0.39, 0.29) is 18.7 Å². The molecule has 2 aliphatic rings. The lowest BCUT2D eigenvalue weighted by molar-refractivity contribution is -0.130. The normalized spacial score (nSPS) is 18.4. The molecule has 5 rings (SSSR count). The Morgan fingerprint density at radius 2 is 2.04 bits per heavy atom. The number of rotatable bonds is 2. The van der Waals surface area contributed by atoms with Crippen LogP contribution in [0.25, 0.3) is 11.0 Å². The predicted octanol–water partition coefficient (Wildman–Crippen LogP) is 2.99. The van der Waals surface area contributed by atoms with Crippen LogP contribution in [0.2, 0.25) is 0 Å². The molecule has 0 saturated heterocycles. The van der Waals surface area contributed by atoms with Crippen molar-refractivity contribution in [2.45, 2.75) is 19.4 Å². The molecule has 0 fully saturated rings. The minimum absolute atomic E-state index is 0.112. The van der Waals surface area contributed by atoms with Gasteiger partial charge >= 0.3 is 0 Å². The Bertz CT molecular complexity index is 1020. The summed E-state index contributed by atoms with van der Waals surface area (Å²) < 4.78 is 10.8. The third-order valence-corrected chi connectivity index (χ3v) is 4.68. The number of ether oxygens (including phenoxy) is 2. The summed E-state index contributed by atoms with van der Waals surface area (Å²) in [6.07, 6.45) is 0.582. The van der Waals surface area contributed by atoms with Crippen LogP contribution in [-0.2, 0) is 4.79 Å². The minimum atomic E-state index is -0.190. The molecule has 0 aliphatic carbocycles. The molecule has 7 nitrogen and oxygen atoms in total. The molecule has 1 aromatic heterocycles. The van der Waals surface area contributed by atoms with Crippen LogP contribution < -0.4 is 9.47 Å². The number of carbonyl (C=O) groups is 1. The second-order valence-corrected chi connectivity index (χ2v) is 6.35. The van der Waals surface area contributed by atoms with Gasteiger partial charge in [0.25, 0.3) is 0 Å². The van der Waals surface area contributed by atoms with Crippen molar-refractivity contribution < 1.29 is 14.3 Å². The summed E-state index contributed by atoms with van der Waals surface area (Å²) in [5, 5.41) is 6.05. The number of hydrogen-bond donors (Lipinski definition) is 1. The summed E-state index contributed by atoms with van der Waals surface area (Å²) >= 11 is 0. The van der Waals surface area contributed by atoms with Gasteiger partial charge in [0, 0.05) is 13.3 Å². The molecule has 0 spiro atoms. The first-order valence-electron chi connectivity index (χ1n) is 8.41. The molecule has 1 N–H and O–H groups in total. The maximum absolute atomic E-state index is 12.1. The number of amides is 1. The number of H-pyrrole nitrogens is 1. The van der Waals surface area contributed by atoms with Gasteiger partial charge in [-0.05, 0) is 29.8 Å². The van der Waals surface area contributed by atoms with Crippen LogP contribution in [0.1, 0.15) is 30.8 Å². The van der Waals surface area contributed by atoms with Crippen molar-refractivity contribution in [2.24, 2.45) is 5.10 Å². The number of para-hydroxylation sites is 2. The van der Waals surface area contributed by atoms with Crippen molar-refractivity contribution in [2.75, 3.05) is 6.79 Å². The lowest BCUT2D eigenvalue weighted by atomic mass is 10.0. The van der Waals surface area contributed by atoms with Crippen LogP contribution >= 0.6 is 0 Å². The van der Waals surface area contributed by atoms with Gasteiger partial charge in [-0.1, -0.05) is 18.2 Å². The molecule has 1 amide bonds. The van der Waals surface area contributed by atoms with Crippen LogP contribution in [0.4, 0.5) is 0 Å². The fourth-order valence-corrected chi connectivity index (χ4v) is 3.41. The second-order valence-electron chi connectivity index (χ2n) is 6.35. The molecule has 1 atom stereocenters. The molecule has 0 radical (unpaired) electrons. The van der Waals surface area contributed by atoms with E-state index in [0.29, 0.717) is 18.0 Å². The highest BCUT2D eigenvalue weighted by Gasteiger charge is 2.33. The predicted molar refractivity (Wildman–Crippen MR) is 95.1 cm³/mol. The molecule has 130 valence electrons. The Morgan fingerprint density at radius 1 is 1.19 bits per heavy atom. The van der Waals surface area contributed by atoms with Crippen molar-refractivity contribution in [3.05, 3.63) is 53.9 Å². The van der Waals surface area contributed by atoms with Gasteiger partial charge in [-0.3, -0.25) is 4.79 Å². The lowest BCUT2D eigenvalue weighted by Crippen LogP contribution is -2.24. The van der Waals surface area contributed by atoms with Gasteiger partial charge in [0.15, 0.2) is 17.3 Å². The summed E-state index contributed by atoms with van der Waals surface area (Å²) in [7, 11) is 0. The van der Waals surface area contributed by atoms with Crippen molar-refractivity contribution in [3.63, 3.8) is 0 Å². The molecule has 2 aromatic carbocycles. The average Bonchev–Trinajstić information content (AvgIpc) is 3.37. The van der Waals surface area contributed by atoms with Gasteiger partial charge in [-0.2, -0.15) is 5.10 Å². The van der Waals surface area contributed by atoms with Crippen molar-refractivity contribution in [3.8, 4) is 11.5 Å². The topological polar surface area (TPSA) is 79.8 Å². The first-order valence-corrected chi connectivity index (χ1v) is 8.41. The standard InChI is InChI=1S/C19H16N4O3/c1-11(24)23-16(12-6-7-17-18(8-12)26-10-25-17)9-15(22-23)19-20-13-4-2-3-5-14(13)21-19/h2-8,16H,9-10H2,1H3,(H,20,21)/t16-/m0/s1. The number of hydrazone groups is 1. The molecular weight excluding hydrogens is 332 g/mol. The summed E-state index contributed by atoms with van der Waals surface area (Å²) in [5.74, 6) is 2.00. The Kier molecular flexibility index (Phi) is 3.21. The number of aromatic amines is 1. The van der Waals surface area contributed by atoms with Crippen molar-refractivity contribution >= 4 is 22.7 Å². The van der Waals surface area contributed by atoms with Crippen LogP contribution in [0, 0.1) is 0 Å². The lowest BCUT2D eigenvalue weighted by Gasteiger charge is -2.20. The number of hydrogen-bond acceptors (Lipinski definition) is 5. The van der Waals surface area contributed by atoms with Gasteiger partial charge in [0.05, 0.1) is 17.1 Å². The van der Waals surface area contributed by atoms with Gasteiger partial charge in [0.2, 0.25) is 12.7 Å². The molecular formula is C19H16N4O3. The molecule has 0 saturated carbocycles. The molecule has 7 heteroatoms. The number of benzene rings is 2. The molecule has 3 heterocycles. The Hall–Kier alpha value is -3.35. The van der Waals surface area contributed by atoms with Crippen LogP contribution in [-0.4, -0.2) is 33.4 Å². The summed E-state index contributed by atoms with van der Waals surface area (Å²) in [5.41, 5.74) is 3.55. The van der Waals surface area contributed by atoms with E-state index >= 15 is 0 Å². The molecule has 3 aromatic rings. The zero-order valence-corrected chi connectivity index (χ0v) is 14.1. The minimum Gasteiger partial charge on any atom is -0.454 e. The fraction of sp³-hybridized carbons (Fsp3) is 0.211. The summed E-state index contributed by atoms with van der Waals surface area (Å²) in [6, 6.07) is 13.4. The van der Waals surface area contributed by atoms with Crippen molar-refractivity contribution in [1.82, 2.24) is 15.0 Å². The van der Waals surface area contributed by atoms with E-state index in [1.54, 1.807) is 0 Å². The smallest absolute Gasteiger partial charge is 0.240 e. The van der Waals surface area contributed by atoms with E-state index in [1.165, 1.54) is 11.9 Å². The van der Waals surface area contributed by atoms with E-state index in [4.69, 9.17) is 9.47 Å². The van der Waals surface area contributed by atoms with Gasteiger partial charge in [-0.15, -0.1) is 0 Å². The highest BCUT2D eigenvalue weighted by molar-refractivity contribution is 6.02. The maximum atomic E-state index is 12.1. The van der Waals surface area contributed by atoms with Gasteiger partial charge in [-0.25, -0.2) is 9.99 Å². The number of nitrogens with one attached hydrogen (secondary N) is 1. The Morgan fingerprint density at radius 3 is 2.88 bits per heavy atom. The van der Waals surface area contributed by atoms with Crippen LogP contribution in [0.5, 0.6) is 11.5 Å². The monoisotopic (exact) mass is 348 g/mol. The molecule has 2 aliphatic heterocycles. The van der Waals surface area contributed by atoms with E-state index in [9.17, 15) is 4.79 Å². The number of carbonyl (C=O) groups excluding carboxylic acids is 1. The SMILES string of the molecule is CC(=O)N1N=C(c2nc3ccccc3[nH]2)C[C@H]1c1ccc2c(c1)OCO2. The number of imidazole rings is 1. The van der Waals surface area contributed by atoms with E-state index < -0.39 is 0 Å². The fourth-order valence-electron chi connectivity index (χ4n) is 3.41. The second kappa shape index (κ2) is 5.59. The highest BCUT2D eigenvalue weighted by Crippen LogP contribution is 2.39. The van der Waals surface area contributed by atoms with Crippen LogP contribution in [0.15, 0.2) is 47.6 Å². The summed E-state index contributed by atoms with van der Waals surface area (Å²) in [4.78, 5) is 20.0. The van der Waals surface area contributed by atoms with Gasteiger partial charge < -0.3 is 14.5 Å². The highest BCUT2D eigenvalue weighted by atomic mass is 16.7. The third-order valence-electron chi connectivity index (χ3n) is 4.68. The quantitative estimate of drug-likeness (QED) is 0.772. The van der Waals surface area contributed by atoms with Gasteiger partial charge in [0.1, 0.15) is 5.71 Å². The van der Waals surface area contributed by atoms with Crippen LogP contribution in [0.3, 0.4) is 0 Å². The number of aromatic nitrogens is 2. The Labute approximate surface area is 149 Å². The largest absolute Gasteiger partial charge is 0.454 e. The zero-order chi connectivity index (χ0) is 17.7. The number of nitrogens with zero attached hydrogens (tertiary/aromatic N) is 3. The van der Waals surface area contributed by atoms with E-state index in [1.807, 2.05) is 42.5 Å². The van der Waals surface area contributed by atoms with E-state index in [2.05, 4.69) is 15.1 Å². The maximum Gasteiger partial charge on any atom is 0.240 e. The van der Waals surface area contributed by atoms with Crippen molar-refractivity contribution in [1.29, 1.82) is 0 Å². The number of fused-ring (bicyclic) bond motifs is 2.